The van der Waals surface area contributed by atoms with Gasteiger partial charge in [-0.3, -0.25) is 0 Å². The number of hydrogen-bond acceptors (Lipinski definition) is 15. The van der Waals surface area contributed by atoms with Crippen LogP contribution in [0.3, 0.4) is 0 Å². The normalized spacial score (nSPS) is 48.9. The second-order valence-corrected chi connectivity index (χ2v) is 7.87. The molecule has 0 bridgehead atoms. The zero-order valence-corrected chi connectivity index (χ0v) is 17.8. The highest BCUT2D eigenvalue weighted by Gasteiger charge is 2.52. The highest BCUT2D eigenvalue weighted by molar-refractivity contribution is 5.75. The van der Waals surface area contributed by atoms with Crippen LogP contribution in [0.25, 0.3) is 0 Å². The molecule has 0 aliphatic carbocycles. The van der Waals surface area contributed by atoms with Crippen LogP contribution >= 0.6 is 0 Å². The van der Waals surface area contributed by atoms with Crippen LogP contribution in [-0.2, 0) is 38.0 Å². The number of esters is 1. The fourth-order valence-corrected chi connectivity index (χ4v) is 3.78. The number of methoxy groups -OCH3 is 2. The van der Waals surface area contributed by atoms with E-state index in [1.54, 1.807) is 0 Å². The fraction of sp³-hybridized carbons (Fsp3) is 0.944. The lowest BCUT2D eigenvalue weighted by atomic mass is 9.98. The predicted octanol–water partition coefficient (Wildman–Crippen LogP) is -5.46. The van der Waals surface area contributed by atoms with Gasteiger partial charge in [0.1, 0.15) is 54.9 Å². The van der Waals surface area contributed by atoms with Crippen molar-refractivity contribution in [2.75, 3.05) is 27.4 Å². The lowest BCUT2D eigenvalue weighted by Gasteiger charge is -2.45. The summed E-state index contributed by atoms with van der Waals surface area (Å²) in [6.07, 6.45) is -20.1. The third kappa shape index (κ3) is 5.46. The molecule has 3 aliphatic rings. The Labute approximate surface area is 187 Å². The van der Waals surface area contributed by atoms with Gasteiger partial charge in [0.2, 0.25) is 0 Å². The Morgan fingerprint density at radius 1 is 0.758 bits per heavy atom. The van der Waals surface area contributed by atoms with Crippen LogP contribution in [-0.4, -0.2) is 149 Å². The standard InChI is InChI=1S/C18H30O15/c1-27-12-9(22)11(24)18(33-14(12)15(25)28-2)32-13-8(21)6(4-29-16(13)26)31-17-10(23)7(20)5(19)3-30-17/h5-14,16-24,26H,3-4H2,1-2H3/t5-,6-,7+,8+,9-,10-,11-,12+,13-,14+,16-,17+,18+/m1/s1. The molecule has 3 fully saturated rings. The highest BCUT2D eigenvalue weighted by atomic mass is 16.8. The van der Waals surface area contributed by atoms with Crippen molar-refractivity contribution in [2.24, 2.45) is 0 Å². The third-order valence-electron chi connectivity index (χ3n) is 5.73. The molecular formula is C18H30O15. The van der Waals surface area contributed by atoms with E-state index in [1.165, 1.54) is 7.11 Å². The summed E-state index contributed by atoms with van der Waals surface area (Å²) < 4.78 is 36.1. The van der Waals surface area contributed by atoms with Gasteiger partial charge in [0, 0.05) is 7.11 Å². The minimum atomic E-state index is -1.75. The average Bonchev–Trinajstić information content (AvgIpc) is 2.80. The Morgan fingerprint density at radius 2 is 1.42 bits per heavy atom. The summed E-state index contributed by atoms with van der Waals surface area (Å²) in [6, 6.07) is 0. The van der Waals surface area contributed by atoms with E-state index in [0.717, 1.165) is 7.11 Å². The molecule has 15 heteroatoms. The van der Waals surface area contributed by atoms with Crippen LogP contribution in [0.4, 0.5) is 0 Å². The quantitative estimate of drug-likeness (QED) is 0.174. The number of ether oxygens (including phenoxy) is 7. The van der Waals surface area contributed by atoms with E-state index in [1.807, 2.05) is 0 Å². The number of carbonyl (C=O) groups is 1. The molecule has 7 N–H and O–H groups in total. The Balaban J connectivity index is 1.69. The second kappa shape index (κ2) is 11.1. The Kier molecular flexibility index (Phi) is 8.95. The van der Waals surface area contributed by atoms with Gasteiger partial charge in [-0.2, -0.15) is 0 Å². The van der Waals surface area contributed by atoms with E-state index < -0.39 is 85.9 Å². The summed E-state index contributed by atoms with van der Waals surface area (Å²) in [6.45, 7) is -0.717. The van der Waals surface area contributed by atoms with Gasteiger partial charge in [0.15, 0.2) is 25.0 Å². The van der Waals surface area contributed by atoms with E-state index >= 15 is 0 Å². The van der Waals surface area contributed by atoms with Gasteiger partial charge in [-0.05, 0) is 0 Å². The molecule has 0 aromatic carbocycles. The minimum Gasteiger partial charge on any atom is -0.467 e. The largest absolute Gasteiger partial charge is 0.467 e. The van der Waals surface area contributed by atoms with Crippen LogP contribution in [0.2, 0.25) is 0 Å². The van der Waals surface area contributed by atoms with Gasteiger partial charge < -0.3 is 68.9 Å². The molecule has 3 aliphatic heterocycles. The van der Waals surface area contributed by atoms with Crippen molar-refractivity contribution in [3.8, 4) is 0 Å². The minimum absolute atomic E-state index is 0.343. The molecule has 3 saturated heterocycles. The predicted molar refractivity (Wildman–Crippen MR) is 99.0 cm³/mol. The van der Waals surface area contributed by atoms with Crippen LogP contribution in [0.5, 0.6) is 0 Å². The number of aliphatic hydroxyl groups is 7. The third-order valence-corrected chi connectivity index (χ3v) is 5.73. The van der Waals surface area contributed by atoms with Gasteiger partial charge in [-0.15, -0.1) is 0 Å². The molecule has 0 spiro atoms. The van der Waals surface area contributed by atoms with Crippen LogP contribution in [0.15, 0.2) is 0 Å². The molecule has 0 radical (unpaired) electrons. The number of hydrogen-bond donors (Lipinski definition) is 7. The van der Waals surface area contributed by atoms with Gasteiger partial charge in [-0.1, -0.05) is 0 Å². The SMILES string of the molecule is COC(=O)[C@H]1O[C@H](O[C@@H]2[C@@H](O)[C@H](O[C@@H]3OC[C@@H](O)[C@H](O)[C@H]3O)CO[C@H]2O)[C@H](O)[C@@H](O)[C@@H]1OC. The molecule has 33 heavy (non-hydrogen) atoms. The van der Waals surface area contributed by atoms with Crippen molar-refractivity contribution in [3.05, 3.63) is 0 Å². The van der Waals surface area contributed by atoms with Crippen molar-refractivity contribution in [2.45, 2.75) is 79.9 Å². The highest BCUT2D eigenvalue weighted by Crippen LogP contribution is 2.30. The molecule has 3 rings (SSSR count). The second-order valence-electron chi connectivity index (χ2n) is 7.87. The summed E-state index contributed by atoms with van der Waals surface area (Å²) in [4.78, 5) is 12.0. The van der Waals surface area contributed by atoms with Gasteiger partial charge >= 0.3 is 5.97 Å². The Hall–Kier alpha value is -1.05. The lowest BCUT2D eigenvalue weighted by molar-refractivity contribution is -0.363. The molecule has 13 atom stereocenters. The smallest absolute Gasteiger partial charge is 0.337 e. The first kappa shape index (κ1) is 26.6. The van der Waals surface area contributed by atoms with E-state index in [2.05, 4.69) is 4.74 Å². The van der Waals surface area contributed by atoms with Crippen LogP contribution in [0.1, 0.15) is 0 Å². The molecule has 0 amide bonds. The van der Waals surface area contributed by atoms with Crippen LogP contribution < -0.4 is 0 Å². The van der Waals surface area contributed by atoms with E-state index in [9.17, 15) is 40.5 Å². The maximum atomic E-state index is 12.0. The number of carbonyl (C=O) groups excluding carboxylic acids is 1. The summed E-state index contributed by atoms with van der Waals surface area (Å²) in [7, 11) is 2.26. The maximum Gasteiger partial charge on any atom is 0.337 e. The summed E-state index contributed by atoms with van der Waals surface area (Å²) in [5, 5.41) is 70.8. The van der Waals surface area contributed by atoms with Gasteiger partial charge in [0.25, 0.3) is 0 Å². The summed E-state index contributed by atoms with van der Waals surface area (Å²) in [5.41, 5.74) is 0. The van der Waals surface area contributed by atoms with Gasteiger partial charge in [-0.25, -0.2) is 4.79 Å². The summed E-state index contributed by atoms with van der Waals surface area (Å²) >= 11 is 0. The Morgan fingerprint density at radius 3 is 2.06 bits per heavy atom. The van der Waals surface area contributed by atoms with Crippen LogP contribution in [0, 0.1) is 0 Å². The first-order valence-corrected chi connectivity index (χ1v) is 10.2. The molecule has 0 unspecified atom stereocenters. The molecule has 3 heterocycles. The monoisotopic (exact) mass is 486 g/mol. The van der Waals surface area contributed by atoms with E-state index in [0.29, 0.717) is 0 Å². The van der Waals surface area contributed by atoms with Crippen molar-refractivity contribution < 1.29 is 73.7 Å². The zero-order valence-electron chi connectivity index (χ0n) is 17.8. The number of aliphatic hydroxyl groups excluding tert-OH is 7. The Bertz CT molecular complexity index is 650. The first-order valence-electron chi connectivity index (χ1n) is 10.2. The van der Waals surface area contributed by atoms with E-state index in [4.69, 9.17) is 28.4 Å². The molecule has 0 aromatic rings. The molecular weight excluding hydrogens is 456 g/mol. The topological polar surface area (TPSA) is 223 Å². The summed E-state index contributed by atoms with van der Waals surface area (Å²) in [5.74, 6) is -0.923. The fourth-order valence-electron chi connectivity index (χ4n) is 3.78. The lowest BCUT2D eigenvalue weighted by Crippen LogP contribution is -2.64. The van der Waals surface area contributed by atoms with Crippen molar-refractivity contribution >= 4 is 5.97 Å². The first-order chi connectivity index (χ1) is 15.6. The average molecular weight is 486 g/mol. The van der Waals surface area contributed by atoms with E-state index in [-0.39, 0.29) is 13.2 Å². The molecule has 0 aromatic heterocycles. The number of rotatable bonds is 6. The maximum absolute atomic E-state index is 12.0. The van der Waals surface area contributed by atoms with Crippen molar-refractivity contribution in [1.82, 2.24) is 0 Å². The molecule has 192 valence electrons. The molecule has 15 nitrogen and oxygen atoms in total. The van der Waals surface area contributed by atoms with Gasteiger partial charge in [0.05, 0.1) is 20.3 Å². The zero-order chi connectivity index (χ0) is 24.4. The van der Waals surface area contributed by atoms with Crippen molar-refractivity contribution in [1.29, 1.82) is 0 Å². The van der Waals surface area contributed by atoms with Crippen molar-refractivity contribution in [3.63, 3.8) is 0 Å². The molecule has 0 saturated carbocycles.